The highest BCUT2D eigenvalue weighted by Crippen LogP contribution is 2.47. The molecule has 2 nitrogen and oxygen atoms in total. The molecule has 11 rings (SSSR count). The van der Waals surface area contributed by atoms with Crippen molar-refractivity contribution < 1.29 is 0 Å². The Kier molecular flexibility index (Phi) is 7.21. The SMILES string of the molecule is c1ccc(-c2cc(-c3ccccc3)nc(-c3ccc(-c4cc5c6ccccc6c6c(c7ccccc7n6-c6ccccc6)c5c5ccccc45)cc3)c2)cc1. The summed E-state index contributed by atoms with van der Waals surface area (Å²) in [5, 5.41) is 10.1. The second-order valence-electron chi connectivity index (χ2n) is 14.3. The summed E-state index contributed by atoms with van der Waals surface area (Å²) in [5.74, 6) is 0. The van der Waals surface area contributed by atoms with Crippen molar-refractivity contribution in [2.24, 2.45) is 0 Å². The minimum absolute atomic E-state index is 0.957. The number of hydrogen-bond donors (Lipinski definition) is 0. The van der Waals surface area contributed by atoms with E-state index in [1.54, 1.807) is 0 Å². The Labute approximate surface area is 319 Å². The largest absolute Gasteiger partial charge is 0.309 e. The van der Waals surface area contributed by atoms with Crippen molar-refractivity contribution in [3.8, 4) is 50.5 Å². The lowest BCUT2D eigenvalue weighted by Crippen LogP contribution is -1.95. The van der Waals surface area contributed by atoms with Gasteiger partial charge in [0.1, 0.15) is 0 Å². The van der Waals surface area contributed by atoms with Crippen LogP contribution in [0.1, 0.15) is 0 Å². The van der Waals surface area contributed by atoms with E-state index < -0.39 is 0 Å². The van der Waals surface area contributed by atoms with Crippen LogP contribution in [0.2, 0.25) is 0 Å². The highest BCUT2D eigenvalue weighted by atomic mass is 15.0. The highest BCUT2D eigenvalue weighted by Gasteiger charge is 2.21. The summed E-state index contributed by atoms with van der Waals surface area (Å²) in [7, 11) is 0. The zero-order chi connectivity index (χ0) is 36.3. The third-order valence-corrected chi connectivity index (χ3v) is 11.1. The molecule has 0 radical (unpaired) electrons. The van der Waals surface area contributed by atoms with Gasteiger partial charge in [-0.05, 0) is 80.2 Å². The van der Waals surface area contributed by atoms with Gasteiger partial charge < -0.3 is 4.57 Å². The molecule has 0 atom stereocenters. The molecule has 2 heteroatoms. The molecule has 0 fully saturated rings. The summed E-state index contributed by atoms with van der Waals surface area (Å²) < 4.78 is 2.46. The Hall–Kier alpha value is -7.29. The van der Waals surface area contributed by atoms with Gasteiger partial charge in [-0.15, -0.1) is 0 Å². The molecular weight excluding hydrogens is 665 g/mol. The van der Waals surface area contributed by atoms with Crippen LogP contribution in [0.3, 0.4) is 0 Å². The number of nitrogens with zero attached hydrogens (tertiary/aromatic N) is 2. The molecular formula is C53H34N2. The lowest BCUT2D eigenvalue weighted by molar-refractivity contribution is 1.19. The lowest BCUT2D eigenvalue weighted by atomic mass is 9.88. The molecule has 0 saturated heterocycles. The second kappa shape index (κ2) is 12.7. The number of fused-ring (bicyclic) bond motifs is 10. The van der Waals surface area contributed by atoms with Gasteiger partial charge in [0.25, 0.3) is 0 Å². The number of hydrogen-bond acceptors (Lipinski definition) is 1. The van der Waals surface area contributed by atoms with Crippen LogP contribution in [0.5, 0.6) is 0 Å². The molecule has 0 aliphatic rings. The highest BCUT2D eigenvalue weighted by molar-refractivity contribution is 6.38. The molecule has 0 N–H and O–H groups in total. The first-order valence-corrected chi connectivity index (χ1v) is 18.9. The van der Waals surface area contributed by atoms with E-state index in [0.29, 0.717) is 0 Å². The van der Waals surface area contributed by atoms with Crippen molar-refractivity contribution in [3.05, 3.63) is 206 Å². The van der Waals surface area contributed by atoms with Gasteiger partial charge in [0.15, 0.2) is 0 Å². The zero-order valence-electron chi connectivity index (χ0n) is 30.0. The van der Waals surface area contributed by atoms with Crippen LogP contribution in [-0.4, -0.2) is 9.55 Å². The van der Waals surface area contributed by atoms with Crippen LogP contribution in [0, 0.1) is 0 Å². The molecule has 0 spiro atoms. The summed E-state index contributed by atoms with van der Waals surface area (Å²) >= 11 is 0. The fourth-order valence-corrected chi connectivity index (χ4v) is 8.67. The second-order valence-corrected chi connectivity index (χ2v) is 14.3. The van der Waals surface area contributed by atoms with Crippen molar-refractivity contribution in [2.45, 2.75) is 0 Å². The molecule has 0 unspecified atom stereocenters. The predicted octanol–water partition coefficient (Wildman–Crippen LogP) is 14.3. The number of benzene rings is 9. The molecule has 55 heavy (non-hydrogen) atoms. The lowest BCUT2D eigenvalue weighted by Gasteiger charge is -2.16. The van der Waals surface area contributed by atoms with Crippen LogP contribution < -0.4 is 0 Å². The van der Waals surface area contributed by atoms with Crippen LogP contribution >= 0.6 is 0 Å². The Balaban J connectivity index is 1.14. The van der Waals surface area contributed by atoms with Gasteiger partial charge >= 0.3 is 0 Å². The Morgan fingerprint density at radius 2 is 0.818 bits per heavy atom. The number of aromatic nitrogens is 2. The Bertz CT molecular complexity index is 3160. The van der Waals surface area contributed by atoms with Gasteiger partial charge in [-0.25, -0.2) is 4.98 Å². The molecule has 0 aliphatic carbocycles. The fourth-order valence-electron chi connectivity index (χ4n) is 8.67. The molecule has 0 bridgehead atoms. The van der Waals surface area contributed by atoms with E-state index in [4.69, 9.17) is 4.98 Å². The minimum Gasteiger partial charge on any atom is -0.309 e. The molecule has 256 valence electrons. The molecule has 9 aromatic carbocycles. The van der Waals surface area contributed by atoms with E-state index in [0.717, 1.165) is 28.1 Å². The number of para-hydroxylation sites is 2. The molecule has 11 aromatic rings. The Morgan fingerprint density at radius 1 is 0.309 bits per heavy atom. The molecule has 2 aromatic heterocycles. The van der Waals surface area contributed by atoms with E-state index in [-0.39, 0.29) is 0 Å². The average Bonchev–Trinajstić information content (AvgIpc) is 3.62. The van der Waals surface area contributed by atoms with Crippen molar-refractivity contribution in [1.29, 1.82) is 0 Å². The van der Waals surface area contributed by atoms with Gasteiger partial charge in [0.05, 0.1) is 22.4 Å². The summed E-state index contributed by atoms with van der Waals surface area (Å²) in [6.07, 6.45) is 0. The maximum absolute atomic E-state index is 5.20. The normalized spacial score (nSPS) is 11.6. The predicted molar refractivity (Wildman–Crippen MR) is 233 cm³/mol. The van der Waals surface area contributed by atoms with Crippen molar-refractivity contribution in [1.82, 2.24) is 9.55 Å². The summed E-state index contributed by atoms with van der Waals surface area (Å²) in [6.45, 7) is 0. The summed E-state index contributed by atoms with van der Waals surface area (Å²) in [4.78, 5) is 5.20. The van der Waals surface area contributed by atoms with Crippen molar-refractivity contribution in [3.63, 3.8) is 0 Å². The van der Waals surface area contributed by atoms with Crippen molar-refractivity contribution in [2.75, 3.05) is 0 Å². The van der Waals surface area contributed by atoms with Crippen molar-refractivity contribution >= 4 is 54.1 Å². The third-order valence-electron chi connectivity index (χ3n) is 11.1. The molecule has 0 aliphatic heterocycles. The number of pyridine rings is 1. The van der Waals surface area contributed by atoms with Crippen LogP contribution in [0.15, 0.2) is 206 Å². The maximum Gasteiger partial charge on any atom is 0.0715 e. The van der Waals surface area contributed by atoms with Crippen LogP contribution in [0.25, 0.3) is 105 Å². The first-order valence-electron chi connectivity index (χ1n) is 18.9. The van der Waals surface area contributed by atoms with E-state index in [1.807, 2.05) is 0 Å². The van der Waals surface area contributed by atoms with Gasteiger partial charge in [-0.1, -0.05) is 170 Å². The monoisotopic (exact) mass is 698 g/mol. The first-order chi connectivity index (χ1) is 27.3. The zero-order valence-corrected chi connectivity index (χ0v) is 30.0. The van der Waals surface area contributed by atoms with Gasteiger partial charge in [0, 0.05) is 38.4 Å². The topological polar surface area (TPSA) is 17.8 Å². The average molecular weight is 699 g/mol. The molecule has 2 heterocycles. The standard InChI is InChI=1S/C53H34N2/c1-4-16-35(17-5-1)39-32-48(37-18-6-2-7-19-37)54-49(33-39)38-30-28-36(29-31-38)46-34-47-42-23-11-13-25-44(42)53-52(51(47)43-24-12-10-22-41(43)46)45-26-14-15-27-50(45)55(53)40-20-8-3-9-21-40/h1-34H. The van der Waals surface area contributed by atoms with Gasteiger partial charge in [0.2, 0.25) is 0 Å². The van der Waals surface area contributed by atoms with E-state index in [1.165, 1.54) is 76.5 Å². The number of rotatable bonds is 5. The Morgan fingerprint density at radius 3 is 1.51 bits per heavy atom. The maximum atomic E-state index is 5.20. The quantitative estimate of drug-likeness (QED) is 0.164. The van der Waals surface area contributed by atoms with Gasteiger partial charge in [-0.3, -0.25) is 0 Å². The van der Waals surface area contributed by atoms with Crippen LogP contribution in [-0.2, 0) is 0 Å². The summed E-state index contributed by atoms with van der Waals surface area (Å²) in [5.41, 5.74) is 12.5. The smallest absolute Gasteiger partial charge is 0.0715 e. The fraction of sp³-hybridized carbons (Fsp3) is 0. The van der Waals surface area contributed by atoms with E-state index in [9.17, 15) is 0 Å². The summed E-state index contributed by atoms with van der Waals surface area (Å²) in [6, 6.07) is 74.4. The van der Waals surface area contributed by atoms with E-state index in [2.05, 4.69) is 211 Å². The van der Waals surface area contributed by atoms with E-state index >= 15 is 0 Å². The minimum atomic E-state index is 0.957. The first kappa shape index (κ1) is 31.3. The van der Waals surface area contributed by atoms with Crippen LogP contribution in [0.4, 0.5) is 0 Å². The van der Waals surface area contributed by atoms with Gasteiger partial charge in [-0.2, -0.15) is 0 Å². The molecule has 0 amide bonds. The third kappa shape index (κ3) is 5.07. The molecule has 0 saturated carbocycles.